The van der Waals surface area contributed by atoms with E-state index in [1.54, 1.807) is 30.1 Å². The average Bonchev–Trinajstić information content (AvgIpc) is 3.28. The normalized spacial score (nSPS) is 15.8. The van der Waals surface area contributed by atoms with Crippen molar-refractivity contribution in [2.24, 2.45) is 0 Å². The van der Waals surface area contributed by atoms with Crippen LogP contribution in [0.5, 0.6) is 0 Å². The van der Waals surface area contributed by atoms with Crippen molar-refractivity contribution in [3.05, 3.63) is 88.5 Å². The SMILES string of the molecule is CN(C(=O)O)[C@H]1CCN(c2ccc(-n3ccc(CCc4ccccc4)cc3=O)cn2)C1. The number of aromatic nitrogens is 2. The molecule has 0 radical (unpaired) electrons. The smallest absolute Gasteiger partial charge is 0.407 e. The van der Waals surface area contributed by atoms with Gasteiger partial charge in [0.15, 0.2) is 0 Å². The summed E-state index contributed by atoms with van der Waals surface area (Å²) in [6, 6.07) is 17.6. The van der Waals surface area contributed by atoms with Crippen molar-refractivity contribution >= 4 is 11.9 Å². The highest BCUT2D eigenvalue weighted by molar-refractivity contribution is 5.65. The van der Waals surface area contributed by atoms with Gasteiger partial charge in [-0.05, 0) is 48.6 Å². The predicted octanol–water partition coefficient (Wildman–Crippen LogP) is 3.21. The van der Waals surface area contributed by atoms with Gasteiger partial charge in [0.2, 0.25) is 0 Å². The van der Waals surface area contributed by atoms with Crippen LogP contribution in [-0.4, -0.2) is 51.8 Å². The lowest BCUT2D eigenvalue weighted by atomic mass is 10.1. The molecule has 0 unspecified atom stereocenters. The fourth-order valence-electron chi connectivity index (χ4n) is 3.95. The van der Waals surface area contributed by atoms with Crippen LogP contribution in [0.3, 0.4) is 0 Å². The Morgan fingerprint density at radius 3 is 2.58 bits per heavy atom. The minimum atomic E-state index is -0.915. The first-order chi connectivity index (χ1) is 15.0. The third kappa shape index (κ3) is 4.77. The van der Waals surface area contributed by atoms with Crippen molar-refractivity contribution in [3.63, 3.8) is 0 Å². The van der Waals surface area contributed by atoms with E-state index in [1.807, 2.05) is 36.4 Å². The molecule has 1 aliphatic rings. The number of amides is 1. The molecule has 1 aromatic carbocycles. The highest BCUT2D eigenvalue weighted by Crippen LogP contribution is 2.21. The first-order valence-corrected chi connectivity index (χ1v) is 10.4. The molecule has 1 aliphatic heterocycles. The van der Waals surface area contributed by atoms with Crippen LogP contribution in [0.1, 0.15) is 17.5 Å². The predicted molar refractivity (Wildman–Crippen MR) is 120 cm³/mol. The second-order valence-electron chi connectivity index (χ2n) is 7.89. The largest absolute Gasteiger partial charge is 0.465 e. The molecule has 31 heavy (non-hydrogen) atoms. The highest BCUT2D eigenvalue weighted by Gasteiger charge is 2.28. The lowest BCUT2D eigenvalue weighted by molar-refractivity contribution is 0.142. The van der Waals surface area contributed by atoms with E-state index in [2.05, 4.69) is 22.0 Å². The molecule has 0 aliphatic carbocycles. The zero-order valence-corrected chi connectivity index (χ0v) is 17.5. The summed E-state index contributed by atoms with van der Waals surface area (Å²) in [5.74, 6) is 0.789. The van der Waals surface area contributed by atoms with Crippen molar-refractivity contribution in [2.75, 3.05) is 25.0 Å². The summed E-state index contributed by atoms with van der Waals surface area (Å²) in [6.07, 6.45) is 5.06. The summed E-state index contributed by atoms with van der Waals surface area (Å²) in [4.78, 5) is 31.7. The maximum atomic E-state index is 12.6. The Labute approximate surface area is 181 Å². The van der Waals surface area contributed by atoms with E-state index in [1.165, 1.54) is 10.5 Å². The molecule has 7 nitrogen and oxygen atoms in total. The fourth-order valence-corrected chi connectivity index (χ4v) is 3.95. The van der Waals surface area contributed by atoms with Gasteiger partial charge >= 0.3 is 6.09 Å². The molecule has 1 saturated heterocycles. The molecule has 7 heteroatoms. The van der Waals surface area contributed by atoms with Gasteiger partial charge in [0.05, 0.1) is 17.9 Å². The van der Waals surface area contributed by atoms with Gasteiger partial charge in [-0.3, -0.25) is 9.36 Å². The molecule has 3 aromatic rings. The molecule has 3 heterocycles. The molecule has 160 valence electrons. The Bertz CT molecular complexity index is 1100. The first-order valence-electron chi connectivity index (χ1n) is 10.4. The lowest BCUT2D eigenvalue weighted by Gasteiger charge is -2.22. The Balaban J connectivity index is 1.42. The second kappa shape index (κ2) is 9.04. The van der Waals surface area contributed by atoms with Crippen molar-refractivity contribution in [1.82, 2.24) is 14.5 Å². The summed E-state index contributed by atoms with van der Waals surface area (Å²) in [5.41, 5.74) is 2.90. The van der Waals surface area contributed by atoms with Crippen LogP contribution < -0.4 is 10.5 Å². The molecule has 4 rings (SSSR count). The maximum Gasteiger partial charge on any atom is 0.407 e. The zero-order chi connectivity index (χ0) is 21.8. The molecule has 0 spiro atoms. The van der Waals surface area contributed by atoms with E-state index in [4.69, 9.17) is 5.11 Å². The average molecular weight is 418 g/mol. The van der Waals surface area contributed by atoms with Crippen molar-refractivity contribution in [1.29, 1.82) is 0 Å². The van der Waals surface area contributed by atoms with Gasteiger partial charge in [0, 0.05) is 32.4 Å². The van der Waals surface area contributed by atoms with Crippen molar-refractivity contribution < 1.29 is 9.90 Å². The van der Waals surface area contributed by atoms with Crippen LogP contribution in [0.25, 0.3) is 5.69 Å². The minimum absolute atomic E-state index is 0.0370. The minimum Gasteiger partial charge on any atom is -0.465 e. The summed E-state index contributed by atoms with van der Waals surface area (Å²) in [7, 11) is 1.60. The Kier molecular flexibility index (Phi) is 6.02. The van der Waals surface area contributed by atoms with Gasteiger partial charge < -0.3 is 14.9 Å². The number of nitrogens with zero attached hydrogens (tertiary/aromatic N) is 4. The van der Waals surface area contributed by atoms with Gasteiger partial charge in [-0.25, -0.2) is 9.78 Å². The molecule has 1 amide bonds. The number of pyridine rings is 2. The molecule has 2 aromatic heterocycles. The van der Waals surface area contributed by atoms with Gasteiger partial charge in [-0.1, -0.05) is 30.3 Å². The summed E-state index contributed by atoms with van der Waals surface area (Å²) in [5, 5.41) is 9.16. The zero-order valence-electron chi connectivity index (χ0n) is 17.5. The van der Waals surface area contributed by atoms with E-state index in [0.29, 0.717) is 12.2 Å². The summed E-state index contributed by atoms with van der Waals surface area (Å²) >= 11 is 0. The molecule has 1 fully saturated rings. The standard InChI is InChI=1S/C24H26N4O3/c1-26(24(30)31)21-12-13-27(17-21)22-10-9-20(16-25-22)28-14-11-19(15-23(28)29)8-7-18-5-3-2-4-6-18/h2-6,9-11,14-16,21H,7-8,12-13,17H2,1H3,(H,30,31)/t21-/m0/s1. The molecule has 1 N–H and O–H groups in total. The van der Waals surface area contributed by atoms with Crippen LogP contribution >= 0.6 is 0 Å². The number of hydrogen-bond acceptors (Lipinski definition) is 4. The number of aryl methyl sites for hydroxylation is 2. The number of carbonyl (C=O) groups is 1. The summed E-state index contributed by atoms with van der Waals surface area (Å²) in [6.45, 7) is 1.37. The molecular formula is C24H26N4O3. The van der Waals surface area contributed by atoms with Crippen molar-refractivity contribution in [3.8, 4) is 5.69 Å². The van der Waals surface area contributed by atoms with E-state index in [-0.39, 0.29) is 11.6 Å². The highest BCUT2D eigenvalue weighted by atomic mass is 16.4. The van der Waals surface area contributed by atoms with Crippen LogP contribution in [0.15, 0.2) is 71.8 Å². The number of hydrogen-bond donors (Lipinski definition) is 1. The third-order valence-electron chi connectivity index (χ3n) is 5.88. The number of anilines is 1. The monoisotopic (exact) mass is 418 g/mol. The quantitative estimate of drug-likeness (QED) is 0.665. The van der Waals surface area contributed by atoms with E-state index < -0.39 is 6.09 Å². The van der Waals surface area contributed by atoms with Crippen LogP contribution in [0, 0.1) is 0 Å². The van der Waals surface area contributed by atoms with Gasteiger partial charge in [-0.15, -0.1) is 0 Å². The van der Waals surface area contributed by atoms with Crippen LogP contribution in [0.4, 0.5) is 10.6 Å². The maximum absolute atomic E-state index is 12.6. The summed E-state index contributed by atoms with van der Waals surface area (Å²) < 4.78 is 1.59. The van der Waals surface area contributed by atoms with Crippen LogP contribution in [0.2, 0.25) is 0 Å². The van der Waals surface area contributed by atoms with Gasteiger partial charge in [-0.2, -0.15) is 0 Å². The van der Waals surface area contributed by atoms with E-state index >= 15 is 0 Å². The number of likely N-dealkylation sites (N-methyl/N-ethyl adjacent to an activating group) is 1. The second-order valence-corrected chi connectivity index (χ2v) is 7.89. The molecule has 0 saturated carbocycles. The number of carboxylic acid groups (broad SMARTS) is 1. The number of benzene rings is 1. The Hall–Kier alpha value is -3.61. The molecular weight excluding hydrogens is 392 g/mol. The van der Waals surface area contributed by atoms with Crippen molar-refractivity contribution in [2.45, 2.75) is 25.3 Å². The fraction of sp³-hybridized carbons (Fsp3) is 0.292. The van der Waals surface area contributed by atoms with Gasteiger partial charge in [0.1, 0.15) is 5.82 Å². The Morgan fingerprint density at radius 1 is 1.13 bits per heavy atom. The molecule has 1 atom stereocenters. The molecule has 0 bridgehead atoms. The first kappa shape index (κ1) is 20.7. The van der Waals surface area contributed by atoms with Crippen LogP contribution in [-0.2, 0) is 12.8 Å². The Morgan fingerprint density at radius 2 is 1.90 bits per heavy atom. The van der Waals surface area contributed by atoms with E-state index in [9.17, 15) is 9.59 Å². The van der Waals surface area contributed by atoms with Gasteiger partial charge in [0.25, 0.3) is 5.56 Å². The number of rotatable bonds is 6. The van der Waals surface area contributed by atoms with E-state index in [0.717, 1.165) is 37.2 Å². The third-order valence-corrected chi connectivity index (χ3v) is 5.88. The lowest BCUT2D eigenvalue weighted by Crippen LogP contribution is -2.38. The topological polar surface area (TPSA) is 78.7 Å².